The lowest BCUT2D eigenvalue weighted by atomic mass is 10.1. The van der Waals surface area contributed by atoms with E-state index < -0.39 is 0 Å². The fourth-order valence-electron chi connectivity index (χ4n) is 3.68. The Morgan fingerprint density at radius 1 is 1.00 bits per heavy atom. The highest BCUT2D eigenvalue weighted by molar-refractivity contribution is 6.28. The Hall–Kier alpha value is -2.57. The Morgan fingerprint density at radius 2 is 1.69 bits per heavy atom. The maximum absolute atomic E-state index is 6.26. The number of aromatic nitrogens is 2. The van der Waals surface area contributed by atoms with Crippen molar-refractivity contribution in [1.82, 2.24) is 14.9 Å². The molecular formula is C22H24ClN3O3. The van der Waals surface area contributed by atoms with Crippen molar-refractivity contribution in [2.24, 2.45) is 0 Å². The first-order valence-electron chi connectivity index (χ1n) is 9.68. The van der Waals surface area contributed by atoms with Gasteiger partial charge in [-0.05, 0) is 36.1 Å². The van der Waals surface area contributed by atoms with Crippen LogP contribution in [0.2, 0.25) is 5.28 Å². The van der Waals surface area contributed by atoms with Crippen molar-refractivity contribution in [2.45, 2.75) is 25.5 Å². The molecule has 6 nitrogen and oxygen atoms in total. The first-order chi connectivity index (χ1) is 14.2. The Bertz CT molecular complexity index is 976. The van der Waals surface area contributed by atoms with Crippen molar-refractivity contribution in [3.8, 4) is 17.4 Å². The highest BCUT2D eigenvalue weighted by Crippen LogP contribution is 2.36. The molecule has 0 spiro atoms. The summed E-state index contributed by atoms with van der Waals surface area (Å²) in [5.41, 5.74) is 2.00. The van der Waals surface area contributed by atoms with Crippen molar-refractivity contribution in [3.63, 3.8) is 0 Å². The molecule has 1 fully saturated rings. The Kier molecular flexibility index (Phi) is 6.02. The molecular weight excluding hydrogens is 390 g/mol. The molecule has 0 saturated carbocycles. The van der Waals surface area contributed by atoms with E-state index in [9.17, 15) is 0 Å². The summed E-state index contributed by atoms with van der Waals surface area (Å²) in [6.07, 6.45) is 1.95. The van der Waals surface area contributed by atoms with Crippen molar-refractivity contribution < 1.29 is 14.2 Å². The lowest BCUT2D eigenvalue weighted by Gasteiger charge is -2.32. The van der Waals surface area contributed by atoms with Crippen LogP contribution in [0.5, 0.6) is 17.4 Å². The quantitative estimate of drug-likeness (QED) is 0.560. The molecule has 7 heteroatoms. The van der Waals surface area contributed by atoms with E-state index in [0.29, 0.717) is 22.9 Å². The normalized spacial score (nSPS) is 15.4. The standard InChI is InChI=1S/C22H24ClN3O3/c1-27-19-12-17-18(13-20(19)28-2)24-22(23)25-21(17)29-16-8-10-26(11-9-16)14-15-6-4-3-5-7-15/h3-7,12-13,16H,8-11,14H2,1-2H3. The van der Waals surface area contributed by atoms with Gasteiger partial charge in [0.05, 0.1) is 25.1 Å². The number of benzene rings is 2. The Morgan fingerprint density at radius 3 is 2.38 bits per heavy atom. The molecule has 152 valence electrons. The molecule has 0 bridgehead atoms. The second-order valence-corrected chi connectivity index (χ2v) is 7.44. The predicted molar refractivity (Wildman–Crippen MR) is 113 cm³/mol. The van der Waals surface area contributed by atoms with Gasteiger partial charge in [-0.3, -0.25) is 4.90 Å². The average Bonchev–Trinajstić information content (AvgIpc) is 2.75. The summed E-state index contributed by atoms with van der Waals surface area (Å²) < 4.78 is 17.0. The summed E-state index contributed by atoms with van der Waals surface area (Å²) in [5.74, 6) is 1.69. The number of nitrogens with zero attached hydrogens (tertiary/aromatic N) is 3. The summed E-state index contributed by atoms with van der Waals surface area (Å²) in [7, 11) is 3.19. The van der Waals surface area contributed by atoms with Crippen LogP contribution in [0.4, 0.5) is 0 Å². The van der Waals surface area contributed by atoms with Gasteiger partial charge in [0.2, 0.25) is 11.2 Å². The van der Waals surface area contributed by atoms with Crippen LogP contribution in [0, 0.1) is 0 Å². The second kappa shape index (κ2) is 8.84. The number of ether oxygens (including phenoxy) is 3. The summed E-state index contributed by atoms with van der Waals surface area (Å²) in [6.45, 7) is 2.92. The smallest absolute Gasteiger partial charge is 0.226 e. The average molecular weight is 414 g/mol. The van der Waals surface area contributed by atoms with E-state index in [1.807, 2.05) is 12.1 Å². The molecule has 4 rings (SSSR count). The molecule has 0 atom stereocenters. The van der Waals surface area contributed by atoms with E-state index in [2.05, 4.69) is 39.1 Å². The van der Waals surface area contributed by atoms with Gasteiger partial charge in [0, 0.05) is 25.7 Å². The van der Waals surface area contributed by atoms with Crippen LogP contribution < -0.4 is 14.2 Å². The van der Waals surface area contributed by atoms with Crippen LogP contribution in [0.15, 0.2) is 42.5 Å². The fourth-order valence-corrected chi connectivity index (χ4v) is 3.84. The third-order valence-electron chi connectivity index (χ3n) is 5.20. The SMILES string of the molecule is COc1cc2nc(Cl)nc(OC3CCN(Cc4ccccc4)CC3)c2cc1OC. The van der Waals surface area contributed by atoms with Crippen LogP contribution in [0.1, 0.15) is 18.4 Å². The largest absolute Gasteiger partial charge is 0.493 e. The van der Waals surface area contributed by atoms with E-state index in [4.69, 9.17) is 25.8 Å². The first kappa shape index (κ1) is 19.7. The number of fused-ring (bicyclic) bond motifs is 1. The van der Waals surface area contributed by atoms with Gasteiger partial charge in [0.15, 0.2) is 11.5 Å². The minimum Gasteiger partial charge on any atom is -0.493 e. The van der Waals surface area contributed by atoms with Crippen LogP contribution in [-0.2, 0) is 6.54 Å². The molecule has 1 aromatic heterocycles. The lowest BCUT2D eigenvalue weighted by molar-refractivity contribution is 0.0944. The number of methoxy groups -OCH3 is 2. The van der Waals surface area contributed by atoms with E-state index in [-0.39, 0.29) is 11.4 Å². The van der Waals surface area contributed by atoms with Crippen LogP contribution in [-0.4, -0.2) is 48.3 Å². The lowest BCUT2D eigenvalue weighted by Crippen LogP contribution is -2.37. The highest BCUT2D eigenvalue weighted by atomic mass is 35.5. The monoisotopic (exact) mass is 413 g/mol. The molecule has 1 saturated heterocycles. The van der Waals surface area contributed by atoms with Crippen molar-refractivity contribution in [3.05, 3.63) is 53.3 Å². The summed E-state index contributed by atoms with van der Waals surface area (Å²) in [4.78, 5) is 11.1. The minimum atomic E-state index is 0.0873. The van der Waals surface area contributed by atoms with E-state index >= 15 is 0 Å². The number of hydrogen-bond acceptors (Lipinski definition) is 6. The number of likely N-dealkylation sites (tertiary alicyclic amines) is 1. The van der Waals surface area contributed by atoms with Gasteiger partial charge in [0.1, 0.15) is 6.10 Å². The summed E-state index contributed by atoms with van der Waals surface area (Å²) in [5, 5.41) is 0.917. The van der Waals surface area contributed by atoms with Gasteiger partial charge < -0.3 is 14.2 Å². The van der Waals surface area contributed by atoms with Gasteiger partial charge in [-0.25, -0.2) is 4.98 Å². The molecule has 0 radical (unpaired) electrons. The molecule has 3 aromatic rings. The molecule has 0 N–H and O–H groups in total. The van der Waals surface area contributed by atoms with E-state index in [1.165, 1.54) is 5.56 Å². The number of hydrogen-bond donors (Lipinski definition) is 0. The molecule has 2 heterocycles. The zero-order chi connectivity index (χ0) is 20.2. The maximum Gasteiger partial charge on any atom is 0.226 e. The van der Waals surface area contributed by atoms with Gasteiger partial charge >= 0.3 is 0 Å². The Labute approximate surface area is 175 Å². The van der Waals surface area contributed by atoms with Crippen molar-refractivity contribution in [2.75, 3.05) is 27.3 Å². The van der Waals surface area contributed by atoms with Crippen molar-refractivity contribution >= 4 is 22.5 Å². The van der Waals surface area contributed by atoms with Gasteiger partial charge in [-0.1, -0.05) is 30.3 Å². The minimum absolute atomic E-state index is 0.0873. The molecule has 29 heavy (non-hydrogen) atoms. The topological polar surface area (TPSA) is 56.7 Å². The number of halogens is 1. The van der Waals surface area contributed by atoms with Crippen molar-refractivity contribution in [1.29, 1.82) is 0 Å². The summed E-state index contributed by atoms with van der Waals surface area (Å²) in [6, 6.07) is 14.2. The van der Waals surface area contributed by atoms with Crippen LogP contribution >= 0.6 is 11.6 Å². The third-order valence-corrected chi connectivity index (χ3v) is 5.37. The zero-order valence-electron chi connectivity index (χ0n) is 16.6. The molecule has 0 aliphatic carbocycles. The molecule has 1 aliphatic heterocycles. The predicted octanol–water partition coefficient (Wildman–Crippen LogP) is 4.34. The first-order valence-corrected chi connectivity index (χ1v) is 10.1. The van der Waals surface area contributed by atoms with Gasteiger partial charge in [-0.2, -0.15) is 4.98 Å². The second-order valence-electron chi connectivity index (χ2n) is 7.10. The Balaban J connectivity index is 1.48. The summed E-state index contributed by atoms with van der Waals surface area (Å²) >= 11 is 6.14. The third kappa shape index (κ3) is 4.54. The van der Waals surface area contributed by atoms with E-state index in [1.54, 1.807) is 20.3 Å². The van der Waals surface area contributed by atoms with E-state index in [0.717, 1.165) is 37.9 Å². The van der Waals surface area contributed by atoms with Crippen LogP contribution in [0.3, 0.4) is 0 Å². The van der Waals surface area contributed by atoms with Gasteiger partial charge in [-0.15, -0.1) is 0 Å². The zero-order valence-corrected chi connectivity index (χ0v) is 17.4. The number of piperidine rings is 1. The molecule has 0 unspecified atom stereocenters. The van der Waals surface area contributed by atoms with Crippen LogP contribution in [0.25, 0.3) is 10.9 Å². The molecule has 0 amide bonds. The highest BCUT2D eigenvalue weighted by Gasteiger charge is 2.23. The maximum atomic E-state index is 6.26. The molecule has 2 aromatic carbocycles. The number of rotatable bonds is 6. The fraction of sp³-hybridized carbons (Fsp3) is 0.364. The van der Waals surface area contributed by atoms with Gasteiger partial charge in [0.25, 0.3) is 0 Å². The molecule has 1 aliphatic rings.